The Balaban J connectivity index is 1.78. The lowest BCUT2D eigenvalue weighted by Gasteiger charge is -2.19. The smallest absolute Gasteiger partial charge is 0.349 e. The van der Waals surface area contributed by atoms with Crippen LogP contribution in [0.5, 0.6) is 5.88 Å². The number of H-pyrrole nitrogens is 1. The zero-order valence-electron chi connectivity index (χ0n) is 17.4. The predicted octanol–water partition coefficient (Wildman–Crippen LogP) is 1.55. The van der Waals surface area contributed by atoms with Gasteiger partial charge in [-0.05, 0) is 55.0 Å². The number of methoxy groups -OCH3 is 1. The van der Waals surface area contributed by atoms with E-state index in [0.29, 0.717) is 23.1 Å². The molecule has 4 aromatic rings. The van der Waals surface area contributed by atoms with Gasteiger partial charge >= 0.3 is 5.69 Å². The van der Waals surface area contributed by atoms with Gasteiger partial charge in [0.05, 0.1) is 7.11 Å². The number of pyridine rings is 1. The number of nitrogens with two attached hydrogens (primary N) is 1. The Morgan fingerprint density at radius 3 is 2.69 bits per heavy atom. The van der Waals surface area contributed by atoms with Gasteiger partial charge in [0.25, 0.3) is 0 Å². The average Bonchev–Trinajstić information content (AvgIpc) is 3.19. The van der Waals surface area contributed by atoms with E-state index in [9.17, 15) is 4.79 Å². The zero-order valence-corrected chi connectivity index (χ0v) is 17.4. The van der Waals surface area contributed by atoms with Crippen LogP contribution in [0.1, 0.15) is 28.7 Å². The van der Waals surface area contributed by atoms with Crippen molar-refractivity contribution < 1.29 is 4.74 Å². The van der Waals surface area contributed by atoms with Crippen LogP contribution in [0, 0.1) is 12.3 Å². The second kappa shape index (κ2) is 8.68. The molecule has 11 heteroatoms. The summed E-state index contributed by atoms with van der Waals surface area (Å²) in [5.74, 6) is 1.08. The van der Waals surface area contributed by atoms with Crippen LogP contribution in [0.4, 0.5) is 5.69 Å². The topological polar surface area (TPSA) is 160 Å². The lowest BCUT2D eigenvalue weighted by atomic mass is 10.1. The van der Waals surface area contributed by atoms with Crippen molar-refractivity contribution in [2.45, 2.75) is 13.0 Å². The van der Waals surface area contributed by atoms with E-state index >= 15 is 0 Å². The molecule has 162 valence electrons. The number of ether oxygens (including phenoxy) is 1. The van der Waals surface area contributed by atoms with E-state index in [1.807, 2.05) is 13.0 Å². The standard InChI is InChI=1S/C21H21N9O2/c1-12-10-14(11-17(25-12)32-2)18(26-15-7-5-13(6-8-15)19(22)23)20-27-21(31)30(29-20)16-4-3-9-24-28-16/h3-11,18,26H,1-2H3,(H3,22,23)(H,27,29,31). The van der Waals surface area contributed by atoms with Crippen LogP contribution >= 0.6 is 0 Å². The maximum atomic E-state index is 12.6. The molecule has 0 amide bonds. The molecule has 0 spiro atoms. The van der Waals surface area contributed by atoms with Gasteiger partial charge in [0.15, 0.2) is 11.6 Å². The monoisotopic (exact) mass is 431 g/mol. The normalized spacial score (nSPS) is 11.7. The Hall–Kier alpha value is -4.54. The van der Waals surface area contributed by atoms with Crippen molar-refractivity contribution in [1.29, 1.82) is 5.41 Å². The SMILES string of the molecule is COc1cc(C(Nc2ccc(C(=N)N)cc2)c2nn(-c3cccnn3)c(=O)[nH]2)cc(C)n1. The first kappa shape index (κ1) is 20.7. The number of rotatable bonds is 7. The molecule has 11 nitrogen and oxygen atoms in total. The summed E-state index contributed by atoms with van der Waals surface area (Å²) in [5.41, 5.74) is 7.97. The summed E-state index contributed by atoms with van der Waals surface area (Å²) < 4.78 is 6.47. The molecule has 5 N–H and O–H groups in total. The van der Waals surface area contributed by atoms with Gasteiger partial charge in [-0.1, -0.05) is 0 Å². The van der Waals surface area contributed by atoms with Crippen LogP contribution in [0.15, 0.2) is 59.5 Å². The number of nitrogens with one attached hydrogen (secondary N) is 3. The third-order valence-corrected chi connectivity index (χ3v) is 4.69. The quantitative estimate of drug-likeness (QED) is 0.253. The number of nitrogens with zero attached hydrogens (tertiary/aromatic N) is 5. The number of hydrogen-bond donors (Lipinski definition) is 4. The van der Waals surface area contributed by atoms with Crippen LogP contribution < -0.4 is 21.5 Å². The molecule has 3 heterocycles. The Morgan fingerprint density at radius 1 is 1.25 bits per heavy atom. The molecule has 32 heavy (non-hydrogen) atoms. The minimum atomic E-state index is -0.542. The predicted molar refractivity (Wildman–Crippen MR) is 118 cm³/mol. The summed E-state index contributed by atoms with van der Waals surface area (Å²) in [6.07, 6.45) is 1.52. The summed E-state index contributed by atoms with van der Waals surface area (Å²) in [6, 6.07) is 13.5. The fourth-order valence-corrected chi connectivity index (χ4v) is 3.19. The number of hydrogen-bond acceptors (Lipinski definition) is 8. The zero-order chi connectivity index (χ0) is 22.7. The molecule has 0 aliphatic carbocycles. The largest absolute Gasteiger partial charge is 0.481 e. The van der Waals surface area contributed by atoms with Crippen molar-refractivity contribution in [3.05, 3.63) is 87.9 Å². The van der Waals surface area contributed by atoms with Crippen molar-refractivity contribution in [1.82, 2.24) is 29.9 Å². The maximum absolute atomic E-state index is 12.6. The van der Waals surface area contributed by atoms with Crippen molar-refractivity contribution in [3.8, 4) is 11.7 Å². The number of aromatic nitrogens is 6. The molecule has 0 radical (unpaired) electrons. The van der Waals surface area contributed by atoms with Crippen LogP contribution in [-0.2, 0) is 0 Å². The molecule has 4 rings (SSSR count). The summed E-state index contributed by atoms with van der Waals surface area (Å²) in [7, 11) is 1.54. The molecule has 3 aromatic heterocycles. The molecular formula is C21H21N9O2. The number of aromatic amines is 1. The van der Waals surface area contributed by atoms with Gasteiger partial charge in [0.2, 0.25) is 5.88 Å². The van der Waals surface area contributed by atoms with Crippen molar-refractivity contribution in [2.75, 3.05) is 12.4 Å². The van der Waals surface area contributed by atoms with E-state index < -0.39 is 11.7 Å². The minimum Gasteiger partial charge on any atom is -0.481 e. The maximum Gasteiger partial charge on any atom is 0.349 e. The molecule has 1 atom stereocenters. The van der Waals surface area contributed by atoms with Gasteiger partial charge in [0, 0.05) is 29.2 Å². The second-order valence-corrected chi connectivity index (χ2v) is 6.96. The van der Waals surface area contributed by atoms with Gasteiger partial charge in [-0.3, -0.25) is 10.4 Å². The number of anilines is 1. The molecule has 0 aliphatic heterocycles. The molecule has 0 bridgehead atoms. The summed E-state index contributed by atoms with van der Waals surface area (Å²) in [4.78, 5) is 19.7. The molecule has 0 saturated heterocycles. The third kappa shape index (κ3) is 4.31. The highest BCUT2D eigenvalue weighted by Crippen LogP contribution is 2.27. The van der Waals surface area contributed by atoms with Gasteiger partial charge < -0.3 is 15.8 Å². The van der Waals surface area contributed by atoms with Crippen LogP contribution in [0.25, 0.3) is 5.82 Å². The fourth-order valence-electron chi connectivity index (χ4n) is 3.19. The van der Waals surface area contributed by atoms with Gasteiger partial charge in [-0.2, -0.15) is 9.78 Å². The van der Waals surface area contributed by atoms with Crippen LogP contribution in [-0.4, -0.2) is 42.9 Å². The first-order valence-electron chi connectivity index (χ1n) is 9.65. The first-order chi connectivity index (χ1) is 15.4. The summed E-state index contributed by atoms with van der Waals surface area (Å²) in [6.45, 7) is 1.85. The number of aryl methyl sites for hydroxylation is 1. The van der Waals surface area contributed by atoms with E-state index in [-0.39, 0.29) is 5.84 Å². The Kier molecular flexibility index (Phi) is 5.62. The second-order valence-electron chi connectivity index (χ2n) is 6.96. The van der Waals surface area contributed by atoms with Crippen LogP contribution in [0.2, 0.25) is 0 Å². The van der Waals surface area contributed by atoms with Crippen molar-refractivity contribution in [2.24, 2.45) is 5.73 Å². The number of nitrogen functional groups attached to an aromatic ring is 1. The van der Waals surface area contributed by atoms with Crippen LogP contribution in [0.3, 0.4) is 0 Å². The Morgan fingerprint density at radius 2 is 2.03 bits per heavy atom. The molecule has 0 saturated carbocycles. The lowest BCUT2D eigenvalue weighted by molar-refractivity contribution is 0.396. The average molecular weight is 431 g/mol. The molecule has 0 fully saturated rings. The lowest BCUT2D eigenvalue weighted by Crippen LogP contribution is -2.17. The van der Waals surface area contributed by atoms with Gasteiger partial charge in [-0.15, -0.1) is 10.2 Å². The highest BCUT2D eigenvalue weighted by molar-refractivity contribution is 5.95. The van der Waals surface area contributed by atoms with E-state index in [1.54, 1.807) is 49.6 Å². The van der Waals surface area contributed by atoms with Crippen molar-refractivity contribution >= 4 is 11.5 Å². The van der Waals surface area contributed by atoms with E-state index in [2.05, 4.69) is 30.6 Å². The van der Waals surface area contributed by atoms with Gasteiger partial charge in [-0.25, -0.2) is 9.78 Å². The first-order valence-corrected chi connectivity index (χ1v) is 9.65. The highest BCUT2D eigenvalue weighted by atomic mass is 16.5. The van der Waals surface area contributed by atoms with E-state index in [4.69, 9.17) is 15.9 Å². The highest BCUT2D eigenvalue weighted by Gasteiger charge is 2.22. The number of benzene rings is 1. The molecule has 1 unspecified atom stereocenters. The fraction of sp³-hybridized carbons (Fsp3) is 0.143. The third-order valence-electron chi connectivity index (χ3n) is 4.69. The summed E-state index contributed by atoms with van der Waals surface area (Å²) in [5, 5.41) is 23.2. The van der Waals surface area contributed by atoms with Crippen molar-refractivity contribution in [3.63, 3.8) is 0 Å². The van der Waals surface area contributed by atoms with Gasteiger partial charge in [0.1, 0.15) is 11.9 Å². The van der Waals surface area contributed by atoms with E-state index in [1.165, 1.54) is 6.20 Å². The summed E-state index contributed by atoms with van der Waals surface area (Å²) >= 11 is 0. The molecule has 1 aromatic carbocycles. The Labute approximate surface area is 182 Å². The molecule has 0 aliphatic rings. The minimum absolute atomic E-state index is 0.0189. The Bertz CT molecular complexity index is 1300. The number of amidine groups is 1. The van der Waals surface area contributed by atoms with E-state index in [0.717, 1.165) is 21.6 Å². The molecular weight excluding hydrogens is 410 g/mol.